The fourth-order valence-corrected chi connectivity index (χ4v) is 3.73. The second-order valence-electron chi connectivity index (χ2n) is 8.21. The van der Waals surface area contributed by atoms with Crippen LogP contribution < -0.4 is 24.3 Å². The Bertz CT molecular complexity index is 1240. The smallest absolute Gasteiger partial charge is 0.340 e. The van der Waals surface area contributed by atoms with Crippen LogP contribution in [0.1, 0.15) is 51.6 Å². The van der Waals surface area contributed by atoms with Gasteiger partial charge < -0.3 is 29.0 Å². The second kappa shape index (κ2) is 12.0. The van der Waals surface area contributed by atoms with E-state index in [2.05, 4.69) is 19.2 Å². The maximum atomic E-state index is 13.2. The quantitative estimate of drug-likeness (QED) is 0.375. The fraction of sp³-hybridized carbons (Fsp3) is 0.286. The monoisotopic (exact) mass is 493 g/mol. The van der Waals surface area contributed by atoms with Gasteiger partial charge in [0.15, 0.2) is 11.5 Å². The lowest BCUT2D eigenvalue weighted by atomic mass is 10.0. The van der Waals surface area contributed by atoms with Crippen molar-refractivity contribution in [3.05, 3.63) is 76.9 Å². The molecule has 0 fully saturated rings. The average molecular weight is 494 g/mol. The molecule has 3 rings (SSSR count). The summed E-state index contributed by atoms with van der Waals surface area (Å²) in [5.41, 5.74) is 2.50. The van der Waals surface area contributed by atoms with Crippen LogP contribution in [0.4, 0.5) is 5.69 Å². The summed E-state index contributed by atoms with van der Waals surface area (Å²) in [5.74, 6) is 1.30. The van der Waals surface area contributed by atoms with Crippen molar-refractivity contribution in [1.82, 2.24) is 0 Å². The van der Waals surface area contributed by atoms with Gasteiger partial charge in [0.25, 0.3) is 5.91 Å². The van der Waals surface area contributed by atoms with Crippen molar-refractivity contribution in [2.75, 3.05) is 33.8 Å². The maximum Gasteiger partial charge on any atom is 0.340 e. The van der Waals surface area contributed by atoms with Crippen LogP contribution in [-0.2, 0) is 11.3 Å². The Kier molecular flexibility index (Phi) is 8.78. The van der Waals surface area contributed by atoms with E-state index in [0.717, 1.165) is 11.3 Å². The number of methoxy groups -OCH3 is 4. The van der Waals surface area contributed by atoms with E-state index >= 15 is 0 Å². The van der Waals surface area contributed by atoms with Gasteiger partial charge in [0.1, 0.15) is 18.1 Å². The van der Waals surface area contributed by atoms with Crippen LogP contribution in [0.25, 0.3) is 0 Å². The first-order valence-electron chi connectivity index (χ1n) is 11.4. The molecule has 8 heteroatoms. The topological polar surface area (TPSA) is 92.3 Å². The third kappa shape index (κ3) is 5.89. The molecule has 3 aromatic carbocycles. The summed E-state index contributed by atoms with van der Waals surface area (Å²) in [6.45, 7) is 4.41. The predicted octanol–water partition coefficient (Wildman–Crippen LogP) is 5.45. The Balaban J connectivity index is 1.90. The van der Waals surface area contributed by atoms with E-state index in [1.54, 1.807) is 25.3 Å². The minimum atomic E-state index is -0.626. The zero-order chi connectivity index (χ0) is 26.2. The standard InChI is InChI=1S/C28H31NO7/c1-17(2)20-9-7-8-10-24(20)36-16-19-13-18(11-12-23(19)32-3)27(30)29-22-15-26(34-5)25(33-4)14-21(22)28(31)35-6/h7-15,17H,16H2,1-6H3,(H,29,30). The summed E-state index contributed by atoms with van der Waals surface area (Å²) in [7, 11) is 5.75. The number of amides is 1. The van der Waals surface area contributed by atoms with Gasteiger partial charge in [-0.25, -0.2) is 4.79 Å². The molecule has 0 aliphatic heterocycles. The van der Waals surface area contributed by atoms with Crippen LogP contribution >= 0.6 is 0 Å². The summed E-state index contributed by atoms with van der Waals surface area (Å²) in [6.07, 6.45) is 0. The van der Waals surface area contributed by atoms with E-state index in [9.17, 15) is 9.59 Å². The Labute approximate surface area is 211 Å². The van der Waals surface area contributed by atoms with Crippen molar-refractivity contribution in [3.8, 4) is 23.0 Å². The number of para-hydroxylation sites is 1. The summed E-state index contributed by atoms with van der Waals surface area (Å²) >= 11 is 0. The lowest BCUT2D eigenvalue weighted by molar-refractivity contribution is 0.0601. The largest absolute Gasteiger partial charge is 0.496 e. The van der Waals surface area contributed by atoms with Gasteiger partial charge in [-0.05, 0) is 35.7 Å². The molecule has 0 bridgehead atoms. The lowest BCUT2D eigenvalue weighted by Crippen LogP contribution is -2.16. The van der Waals surface area contributed by atoms with Gasteiger partial charge in [-0.1, -0.05) is 32.0 Å². The number of anilines is 1. The zero-order valence-corrected chi connectivity index (χ0v) is 21.3. The van der Waals surface area contributed by atoms with E-state index in [-0.39, 0.29) is 17.9 Å². The highest BCUT2D eigenvalue weighted by molar-refractivity contribution is 6.08. The van der Waals surface area contributed by atoms with Crippen molar-refractivity contribution >= 4 is 17.6 Å². The van der Waals surface area contributed by atoms with Gasteiger partial charge in [-0.15, -0.1) is 0 Å². The van der Waals surface area contributed by atoms with Crippen LogP contribution in [0.3, 0.4) is 0 Å². The molecule has 0 aliphatic rings. The first-order valence-corrected chi connectivity index (χ1v) is 11.4. The minimum Gasteiger partial charge on any atom is -0.496 e. The Morgan fingerprint density at radius 3 is 2.11 bits per heavy atom. The molecule has 0 unspecified atom stereocenters. The highest BCUT2D eigenvalue weighted by atomic mass is 16.5. The summed E-state index contributed by atoms with van der Waals surface area (Å²) in [6, 6.07) is 15.9. The Morgan fingerprint density at radius 2 is 1.47 bits per heavy atom. The highest BCUT2D eigenvalue weighted by Crippen LogP contribution is 2.34. The average Bonchev–Trinajstić information content (AvgIpc) is 2.90. The van der Waals surface area contributed by atoms with E-state index in [4.69, 9.17) is 23.7 Å². The molecule has 0 spiro atoms. The zero-order valence-electron chi connectivity index (χ0n) is 21.3. The molecule has 0 saturated carbocycles. The Hall–Kier alpha value is -4.20. The van der Waals surface area contributed by atoms with Gasteiger partial charge in [0.05, 0.1) is 39.7 Å². The van der Waals surface area contributed by atoms with Crippen molar-refractivity contribution in [2.24, 2.45) is 0 Å². The summed E-state index contributed by atoms with van der Waals surface area (Å²) in [4.78, 5) is 25.5. The number of carbonyl (C=O) groups excluding carboxylic acids is 2. The number of benzene rings is 3. The van der Waals surface area contributed by atoms with Crippen molar-refractivity contribution in [2.45, 2.75) is 26.4 Å². The van der Waals surface area contributed by atoms with Gasteiger partial charge in [-0.2, -0.15) is 0 Å². The summed E-state index contributed by atoms with van der Waals surface area (Å²) < 4.78 is 27.0. The third-order valence-corrected chi connectivity index (χ3v) is 5.64. The number of esters is 1. The number of hydrogen-bond donors (Lipinski definition) is 1. The molecule has 3 aromatic rings. The fourth-order valence-electron chi connectivity index (χ4n) is 3.73. The van der Waals surface area contributed by atoms with Crippen LogP contribution in [0, 0.1) is 0 Å². The molecule has 0 radical (unpaired) electrons. The normalized spacial score (nSPS) is 10.5. The van der Waals surface area contributed by atoms with Gasteiger partial charge in [0.2, 0.25) is 0 Å². The SMILES string of the molecule is COC(=O)c1cc(OC)c(OC)cc1NC(=O)c1ccc(OC)c(COc2ccccc2C(C)C)c1. The van der Waals surface area contributed by atoms with Gasteiger partial charge in [-0.3, -0.25) is 4.79 Å². The molecule has 0 aromatic heterocycles. The molecule has 0 saturated heterocycles. The number of ether oxygens (including phenoxy) is 5. The molecular weight excluding hydrogens is 462 g/mol. The highest BCUT2D eigenvalue weighted by Gasteiger charge is 2.20. The molecule has 0 aliphatic carbocycles. The predicted molar refractivity (Wildman–Crippen MR) is 137 cm³/mol. The van der Waals surface area contributed by atoms with Crippen LogP contribution in [0.15, 0.2) is 54.6 Å². The number of nitrogens with one attached hydrogen (secondary N) is 1. The molecule has 0 heterocycles. The van der Waals surface area contributed by atoms with E-state index < -0.39 is 11.9 Å². The van der Waals surface area contributed by atoms with E-state index in [0.29, 0.717) is 34.3 Å². The first-order chi connectivity index (χ1) is 17.3. The molecular formula is C28H31NO7. The molecule has 1 amide bonds. The minimum absolute atomic E-state index is 0.130. The second-order valence-corrected chi connectivity index (χ2v) is 8.21. The van der Waals surface area contributed by atoms with E-state index in [1.165, 1.54) is 33.5 Å². The Morgan fingerprint density at radius 1 is 0.806 bits per heavy atom. The first kappa shape index (κ1) is 26.4. The number of hydrogen-bond acceptors (Lipinski definition) is 7. The van der Waals surface area contributed by atoms with Crippen LogP contribution in [0.2, 0.25) is 0 Å². The maximum absolute atomic E-state index is 13.2. The van der Waals surface area contributed by atoms with E-state index in [1.807, 2.05) is 24.3 Å². The van der Waals surface area contributed by atoms with Gasteiger partial charge >= 0.3 is 5.97 Å². The van der Waals surface area contributed by atoms with Crippen LogP contribution in [0.5, 0.6) is 23.0 Å². The summed E-state index contributed by atoms with van der Waals surface area (Å²) in [5, 5.41) is 2.77. The van der Waals surface area contributed by atoms with Crippen molar-refractivity contribution in [1.29, 1.82) is 0 Å². The molecule has 8 nitrogen and oxygen atoms in total. The molecule has 36 heavy (non-hydrogen) atoms. The molecule has 190 valence electrons. The third-order valence-electron chi connectivity index (χ3n) is 5.64. The molecule has 0 atom stereocenters. The van der Waals surface area contributed by atoms with Crippen LogP contribution in [-0.4, -0.2) is 40.3 Å². The number of rotatable bonds is 10. The van der Waals surface area contributed by atoms with Crippen molar-refractivity contribution in [3.63, 3.8) is 0 Å². The molecule has 1 N–H and O–H groups in total. The van der Waals surface area contributed by atoms with Crippen molar-refractivity contribution < 1.29 is 33.3 Å². The lowest BCUT2D eigenvalue weighted by Gasteiger charge is -2.17. The van der Waals surface area contributed by atoms with Gasteiger partial charge in [0, 0.05) is 23.3 Å². The number of carbonyl (C=O) groups is 2.